The third kappa shape index (κ3) is 5.03. The summed E-state index contributed by atoms with van der Waals surface area (Å²) in [7, 11) is -2.19. The van der Waals surface area contributed by atoms with Crippen LogP contribution in [0.3, 0.4) is 0 Å². The van der Waals surface area contributed by atoms with Crippen LogP contribution in [-0.4, -0.2) is 34.2 Å². The SMILES string of the molecule is COc1ccc(NC(=O)CN(c2ccc(Cl)cc2C)S(C)(=O)=O)cc1Cl. The number of carbonyl (C=O) groups excluding carboxylic acids is 1. The highest BCUT2D eigenvalue weighted by molar-refractivity contribution is 7.92. The van der Waals surface area contributed by atoms with Gasteiger partial charge in [-0.2, -0.15) is 0 Å². The molecule has 0 aliphatic heterocycles. The average Bonchev–Trinajstić information content (AvgIpc) is 2.52. The number of anilines is 2. The molecule has 0 aromatic heterocycles. The molecule has 9 heteroatoms. The molecule has 0 spiro atoms. The van der Waals surface area contributed by atoms with Gasteiger partial charge in [0.1, 0.15) is 12.3 Å². The molecule has 140 valence electrons. The summed E-state index contributed by atoms with van der Waals surface area (Å²) < 4.78 is 30.4. The Morgan fingerprint density at radius 2 is 1.88 bits per heavy atom. The molecule has 1 N–H and O–H groups in total. The Kier molecular flexibility index (Phi) is 6.39. The molecular weight excluding hydrogens is 399 g/mol. The Morgan fingerprint density at radius 3 is 2.42 bits per heavy atom. The minimum Gasteiger partial charge on any atom is -0.495 e. The number of sulfonamides is 1. The highest BCUT2D eigenvalue weighted by atomic mass is 35.5. The first kappa shape index (κ1) is 20.4. The molecule has 6 nitrogen and oxygen atoms in total. The summed E-state index contributed by atoms with van der Waals surface area (Å²) in [5, 5.41) is 3.44. The molecule has 26 heavy (non-hydrogen) atoms. The topological polar surface area (TPSA) is 75.7 Å². The molecular formula is C17H18Cl2N2O4S. The first-order valence-electron chi connectivity index (χ1n) is 7.49. The van der Waals surface area contributed by atoms with E-state index in [4.69, 9.17) is 27.9 Å². The van der Waals surface area contributed by atoms with E-state index in [-0.39, 0.29) is 6.54 Å². The van der Waals surface area contributed by atoms with E-state index in [1.54, 1.807) is 37.3 Å². The fourth-order valence-corrected chi connectivity index (χ4v) is 3.75. The lowest BCUT2D eigenvalue weighted by atomic mass is 10.2. The van der Waals surface area contributed by atoms with Gasteiger partial charge in [0.05, 0.1) is 24.1 Å². The molecule has 0 radical (unpaired) electrons. The zero-order valence-corrected chi connectivity index (χ0v) is 16.7. The number of aryl methyl sites for hydroxylation is 1. The van der Waals surface area contributed by atoms with Crippen molar-refractivity contribution in [2.45, 2.75) is 6.92 Å². The maximum atomic E-state index is 12.4. The standard InChI is InChI=1S/C17H18Cl2N2O4S/c1-11-8-12(18)4-6-15(11)21(26(3,23)24)10-17(22)20-13-5-7-16(25-2)14(19)9-13/h4-9H,10H2,1-3H3,(H,20,22). The maximum Gasteiger partial charge on any atom is 0.245 e. The number of nitrogens with one attached hydrogen (secondary N) is 1. The van der Waals surface area contributed by atoms with Crippen molar-refractivity contribution in [3.05, 3.63) is 52.0 Å². The van der Waals surface area contributed by atoms with Crippen LogP contribution in [0.2, 0.25) is 10.0 Å². The van der Waals surface area contributed by atoms with Crippen LogP contribution in [0.25, 0.3) is 0 Å². The molecule has 0 heterocycles. The van der Waals surface area contributed by atoms with Gasteiger partial charge in [-0.1, -0.05) is 23.2 Å². The van der Waals surface area contributed by atoms with Gasteiger partial charge in [0.2, 0.25) is 15.9 Å². The predicted molar refractivity (Wildman–Crippen MR) is 105 cm³/mol. The minimum atomic E-state index is -3.68. The van der Waals surface area contributed by atoms with Gasteiger partial charge >= 0.3 is 0 Å². The third-order valence-electron chi connectivity index (χ3n) is 3.55. The van der Waals surface area contributed by atoms with Crippen molar-refractivity contribution in [2.24, 2.45) is 0 Å². The molecule has 0 bridgehead atoms. The third-order valence-corrected chi connectivity index (χ3v) is 5.21. The number of rotatable bonds is 6. The lowest BCUT2D eigenvalue weighted by molar-refractivity contribution is -0.114. The first-order chi connectivity index (χ1) is 12.1. The summed E-state index contributed by atoms with van der Waals surface area (Å²) in [5.41, 5.74) is 1.46. The fraction of sp³-hybridized carbons (Fsp3) is 0.235. The molecule has 1 amide bonds. The number of benzene rings is 2. The molecule has 0 saturated carbocycles. The van der Waals surface area contributed by atoms with Crippen LogP contribution >= 0.6 is 23.2 Å². The Labute approximate surface area is 162 Å². The first-order valence-corrected chi connectivity index (χ1v) is 10.1. The van der Waals surface area contributed by atoms with Gasteiger partial charge in [-0.15, -0.1) is 0 Å². The molecule has 2 aromatic rings. The van der Waals surface area contributed by atoms with Gasteiger partial charge in [0.15, 0.2) is 0 Å². The van der Waals surface area contributed by atoms with Crippen molar-refractivity contribution >= 4 is 50.5 Å². The van der Waals surface area contributed by atoms with E-state index in [0.717, 1.165) is 10.6 Å². The van der Waals surface area contributed by atoms with E-state index in [0.29, 0.717) is 32.7 Å². The molecule has 0 aliphatic carbocycles. The summed E-state index contributed by atoms with van der Waals surface area (Å²) in [6, 6.07) is 9.52. The Balaban J connectivity index is 2.23. The lowest BCUT2D eigenvalue weighted by Crippen LogP contribution is -2.37. The fourth-order valence-electron chi connectivity index (χ4n) is 2.35. The number of halogens is 2. The monoisotopic (exact) mass is 416 g/mol. The van der Waals surface area contributed by atoms with Crippen LogP contribution in [0.4, 0.5) is 11.4 Å². The number of methoxy groups -OCH3 is 1. The van der Waals surface area contributed by atoms with E-state index in [2.05, 4.69) is 5.32 Å². The lowest BCUT2D eigenvalue weighted by Gasteiger charge is -2.23. The van der Waals surface area contributed by atoms with E-state index in [1.165, 1.54) is 13.2 Å². The molecule has 0 atom stereocenters. The van der Waals surface area contributed by atoms with Crippen LogP contribution in [0, 0.1) is 6.92 Å². The number of ether oxygens (including phenoxy) is 1. The predicted octanol–water partition coefficient (Wildman–Crippen LogP) is 3.72. The average molecular weight is 417 g/mol. The number of hydrogen-bond donors (Lipinski definition) is 1. The molecule has 0 unspecified atom stereocenters. The second kappa shape index (κ2) is 8.16. The Bertz CT molecular complexity index is 932. The quantitative estimate of drug-likeness (QED) is 0.778. The summed E-state index contributed by atoms with van der Waals surface area (Å²) in [6.45, 7) is 1.34. The van der Waals surface area contributed by atoms with Crippen LogP contribution < -0.4 is 14.4 Å². The van der Waals surface area contributed by atoms with Gasteiger partial charge in [-0.3, -0.25) is 9.10 Å². The highest BCUT2D eigenvalue weighted by Crippen LogP contribution is 2.28. The highest BCUT2D eigenvalue weighted by Gasteiger charge is 2.22. The normalized spacial score (nSPS) is 11.1. The smallest absolute Gasteiger partial charge is 0.245 e. The molecule has 0 aliphatic rings. The van der Waals surface area contributed by atoms with Crippen LogP contribution in [0.1, 0.15) is 5.56 Å². The van der Waals surface area contributed by atoms with E-state index in [1.807, 2.05) is 0 Å². The van der Waals surface area contributed by atoms with E-state index in [9.17, 15) is 13.2 Å². The van der Waals surface area contributed by atoms with Crippen molar-refractivity contribution in [3.63, 3.8) is 0 Å². The molecule has 0 saturated heterocycles. The minimum absolute atomic E-state index is 0.332. The molecule has 2 rings (SSSR count). The molecule has 0 fully saturated rings. The van der Waals surface area contributed by atoms with Gasteiger partial charge < -0.3 is 10.1 Å². The number of carbonyl (C=O) groups is 1. The number of hydrogen-bond acceptors (Lipinski definition) is 4. The Hall–Kier alpha value is -1.96. The summed E-state index contributed by atoms with van der Waals surface area (Å²) in [5.74, 6) is -0.0368. The second-order valence-corrected chi connectivity index (χ2v) is 8.35. The van der Waals surface area contributed by atoms with Crippen molar-refractivity contribution in [1.82, 2.24) is 0 Å². The van der Waals surface area contributed by atoms with Crippen LogP contribution in [-0.2, 0) is 14.8 Å². The zero-order valence-electron chi connectivity index (χ0n) is 14.4. The summed E-state index contributed by atoms with van der Waals surface area (Å²) in [4.78, 5) is 12.4. The molecule has 2 aromatic carbocycles. The van der Waals surface area contributed by atoms with Gasteiger partial charge in [-0.05, 0) is 48.9 Å². The second-order valence-electron chi connectivity index (χ2n) is 5.60. The maximum absolute atomic E-state index is 12.4. The number of amides is 1. The largest absolute Gasteiger partial charge is 0.495 e. The summed E-state index contributed by atoms with van der Waals surface area (Å²) >= 11 is 11.9. The van der Waals surface area contributed by atoms with Gasteiger partial charge in [-0.25, -0.2) is 8.42 Å². The van der Waals surface area contributed by atoms with E-state index >= 15 is 0 Å². The summed E-state index contributed by atoms with van der Waals surface area (Å²) in [6.07, 6.45) is 1.04. The van der Waals surface area contributed by atoms with Crippen LogP contribution in [0.15, 0.2) is 36.4 Å². The van der Waals surface area contributed by atoms with E-state index < -0.39 is 15.9 Å². The van der Waals surface area contributed by atoms with Crippen molar-refractivity contribution in [1.29, 1.82) is 0 Å². The van der Waals surface area contributed by atoms with Crippen molar-refractivity contribution < 1.29 is 17.9 Å². The Morgan fingerprint density at radius 1 is 1.19 bits per heavy atom. The van der Waals surface area contributed by atoms with Gasteiger partial charge in [0.25, 0.3) is 0 Å². The van der Waals surface area contributed by atoms with Gasteiger partial charge in [0, 0.05) is 10.7 Å². The van der Waals surface area contributed by atoms with Crippen molar-refractivity contribution in [3.8, 4) is 5.75 Å². The van der Waals surface area contributed by atoms with Crippen LogP contribution in [0.5, 0.6) is 5.75 Å². The zero-order chi connectivity index (χ0) is 19.5. The number of nitrogens with zero attached hydrogens (tertiary/aromatic N) is 1. The van der Waals surface area contributed by atoms with Crippen molar-refractivity contribution in [2.75, 3.05) is 29.5 Å².